The van der Waals surface area contributed by atoms with E-state index in [0.29, 0.717) is 11.4 Å². The molecule has 1 aromatic carbocycles. The number of hydrogen-bond acceptors (Lipinski definition) is 3. The van der Waals surface area contributed by atoms with E-state index in [2.05, 4.69) is 10.3 Å². The monoisotopic (exact) mass is 247 g/mol. The average Bonchev–Trinajstić information content (AvgIpc) is 2.66. The Hall–Kier alpha value is -1.75. The molecule has 0 spiro atoms. The third-order valence-corrected chi connectivity index (χ3v) is 3.60. The summed E-state index contributed by atoms with van der Waals surface area (Å²) >= 11 is 0. The Morgan fingerprint density at radius 3 is 3.11 bits per heavy atom. The molecule has 3 rings (SSSR count). The van der Waals surface area contributed by atoms with Crippen LogP contribution in [0.5, 0.6) is 5.75 Å². The molecule has 1 unspecified atom stereocenters. The molecule has 5 heteroatoms. The van der Waals surface area contributed by atoms with Crippen LogP contribution in [-0.4, -0.2) is 27.7 Å². The first kappa shape index (κ1) is 11.3. The maximum Gasteiger partial charge on any atom is 0.326 e. The number of hydrogen-bond donors (Lipinski definition) is 3. The quantitative estimate of drug-likeness (QED) is 0.742. The van der Waals surface area contributed by atoms with Gasteiger partial charge in [0.05, 0.1) is 11.0 Å². The molecule has 1 fully saturated rings. The maximum absolute atomic E-state index is 11.9. The number of rotatable bonds is 2. The standard InChI is InChI=1S/C13H17N3O2/c17-10-3-4-12-11(6-10)15-13(18)16(12)8-9-2-1-5-14-7-9/h3-4,6,9,14,17H,1-2,5,7-8H2,(H,15,18). The lowest BCUT2D eigenvalue weighted by Gasteiger charge is -2.22. The molecule has 2 aromatic rings. The van der Waals surface area contributed by atoms with Gasteiger partial charge in [-0.1, -0.05) is 0 Å². The maximum atomic E-state index is 11.9. The SMILES string of the molecule is O=c1[nH]c2cc(O)ccc2n1CC1CCCNC1. The van der Waals surface area contributed by atoms with Crippen LogP contribution < -0.4 is 11.0 Å². The Balaban J connectivity index is 1.95. The number of benzene rings is 1. The van der Waals surface area contributed by atoms with Crippen molar-refractivity contribution in [2.75, 3.05) is 13.1 Å². The largest absolute Gasteiger partial charge is 0.508 e. The van der Waals surface area contributed by atoms with E-state index in [1.54, 1.807) is 22.8 Å². The molecule has 0 radical (unpaired) electrons. The van der Waals surface area contributed by atoms with Crippen molar-refractivity contribution in [1.29, 1.82) is 0 Å². The van der Waals surface area contributed by atoms with Gasteiger partial charge in [-0.05, 0) is 44.0 Å². The Bertz CT molecular complexity index is 608. The van der Waals surface area contributed by atoms with Crippen molar-refractivity contribution in [3.63, 3.8) is 0 Å². The molecule has 0 bridgehead atoms. The third-order valence-electron chi connectivity index (χ3n) is 3.60. The lowest BCUT2D eigenvalue weighted by molar-refractivity contribution is 0.337. The predicted octanol–water partition coefficient (Wildman–Crippen LogP) is 1.03. The van der Waals surface area contributed by atoms with E-state index in [1.807, 2.05) is 0 Å². The molecular formula is C13H17N3O2. The van der Waals surface area contributed by atoms with Gasteiger partial charge in [0.25, 0.3) is 0 Å². The normalized spacial score (nSPS) is 20.3. The van der Waals surface area contributed by atoms with E-state index < -0.39 is 0 Å². The van der Waals surface area contributed by atoms with Gasteiger partial charge >= 0.3 is 5.69 Å². The van der Waals surface area contributed by atoms with Crippen molar-refractivity contribution in [3.05, 3.63) is 28.7 Å². The van der Waals surface area contributed by atoms with Crippen molar-refractivity contribution in [1.82, 2.24) is 14.9 Å². The molecule has 1 aromatic heterocycles. The number of phenolic OH excluding ortho intramolecular Hbond substituents is 1. The first-order chi connectivity index (χ1) is 8.74. The summed E-state index contributed by atoms with van der Waals surface area (Å²) in [6.45, 7) is 2.78. The lowest BCUT2D eigenvalue weighted by atomic mass is 10.00. The highest BCUT2D eigenvalue weighted by atomic mass is 16.3. The van der Waals surface area contributed by atoms with Crippen molar-refractivity contribution in [2.45, 2.75) is 19.4 Å². The zero-order valence-corrected chi connectivity index (χ0v) is 10.1. The van der Waals surface area contributed by atoms with E-state index >= 15 is 0 Å². The number of nitrogens with zero attached hydrogens (tertiary/aromatic N) is 1. The van der Waals surface area contributed by atoms with Crippen LogP contribution >= 0.6 is 0 Å². The topological polar surface area (TPSA) is 70.0 Å². The van der Waals surface area contributed by atoms with Crippen LogP contribution in [0.15, 0.2) is 23.0 Å². The summed E-state index contributed by atoms with van der Waals surface area (Å²) in [5, 5.41) is 12.8. The van der Waals surface area contributed by atoms with Gasteiger partial charge in [0.2, 0.25) is 0 Å². The summed E-state index contributed by atoms with van der Waals surface area (Å²) in [5.74, 6) is 0.680. The Morgan fingerprint density at radius 2 is 2.33 bits per heavy atom. The van der Waals surface area contributed by atoms with Crippen molar-refractivity contribution >= 4 is 11.0 Å². The van der Waals surface area contributed by atoms with E-state index in [0.717, 1.165) is 31.6 Å². The molecule has 1 saturated heterocycles. The molecule has 1 aliphatic rings. The Kier molecular flexibility index (Phi) is 2.83. The summed E-state index contributed by atoms with van der Waals surface area (Å²) < 4.78 is 1.77. The second-order valence-corrected chi connectivity index (χ2v) is 4.95. The summed E-state index contributed by atoms with van der Waals surface area (Å²) in [7, 11) is 0. The molecule has 0 saturated carbocycles. The third kappa shape index (κ3) is 2.01. The lowest BCUT2D eigenvalue weighted by Crippen LogP contribution is -2.34. The minimum atomic E-state index is -0.0961. The Labute approximate surface area is 104 Å². The number of aromatic amines is 1. The highest BCUT2D eigenvalue weighted by Gasteiger charge is 2.16. The molecular weight excluding hydrogens is 230 g/mol. The number of aromatic nitrogens is 2. The van der Waals surface area contributed by atoms with Gasteiger partial charge in [0, 0.05) is 12.6 Å². The molecule has 0 amide bonds. The highest BCUT2D eigenvalue weighted by molar-refractivity contribution is 5.76. The Morgan fingerprint density at radius 1 is 1.44 bits per heavy atom. The number of imidazole rings is 1. The first-order valence-electron chi connectivity index (χ1n) is 6.36. The molecule has 0 aliphatic carbocycles. The molecule has 1 aliphatic heterocycles. The van der Waals surface area contributed by atoms with E-state index in [4.69, 9.17) is 0 Å². The van der Waals surface area contributed by atoms with E-state index in [9.17, 15) is 9.90 Å². The molecule has 5 nitrogen and oxygen atoms in total. The fraction of sp³-hybridized carbons (Fsp3) is 0.462. The average molecular weight is 247 g/mol. The molecule has 1 atom stereocenters. The van der Waals surface area contributed by atoms with Crippen molar-refractivity contribution in [3.8, 4) is 5.75 Å². The summed E-state index contributed by atoms with van der Waals surface area (Å²) in [5.41, 5.74) is 1.47. The number of nitrogens with one attached hydrogen (secondary N) is 2. The summed E-state index contributed by atoms with van der Waals surface area (Å²) in [6, 6.07) is 5.00. The first-order valence-corrected chi connectivity index (χ1v) is 6.36. The van der Waals surface area contributed by atoms with Gasteiger partial charge in [0.15, 0.2) is 0 Å². The number of fused-ring (bicyclic) bond motifs is 1. The zero-order valence-electron chi connectivity index (χ0n) is 10.1. The van der Waals surface area contributed by atoms with Crippen LogP contribution in [0.2, 0.25) is 0 Å². The van der Waals surface area contributed by atoms with Crippen LogP contribution in [0, 0.1) is 5.92 Å². The van der Waals surface area contributed by atoms with Crippen LogP contribution in [0.3, 0.4) is 0 Å². The minimum Gasteiger partial charge on any atom is -0.508 e. The number of aromatic hydroxyl groups is 1. The van der Waals surface area contributed by atoms with Gasteiger partial charge < -0.3 is 15.4 Å². The number of H-pyrrole nitrogens is 1. The summed E-state index contributed by atoms with van der Waals surface area (Å²) in [4.78, 5) is 14.7. The smallest absolute Gasteiger partial charge is 0.326 e. The molecule has 2 heterocycles. The van der Waals surface area contributed by atoms with Crippen LogP contribution in [0.1, 0.15) is 12.8 Å². The highest BCUT2D eigenvalue weighted by Crippen LogP contribution is 2.19. The van der Waals surface area contributed by atoms with Crippen LogP contribution in [0.25, 0.3) is 11.0 Å². The van der Waals surface area contributed by atoms with Gasteiger partial charge in [-0.25, -0.2) is 4.79 Å². The van der Waals surface area contributed by atoms with Gasteiger partial charge in [-0.2, -0.15) is 0 Å². The zero-order chi connectivity index (χ0) is 12.5. The molecule has 18 heavy (non-hydrogen) atoms. The minimum absolute atomic E-state index is 0.0961. The van der Waals surface area contributed by atoms with Gasteiger partial charge in [-0.3, -0.25) is 4.57 Å². The van der Waals surface area contributed by atoms with Crippen molar-refractivity contribution < 1.29 is 5.11 Å². The second-order valence-electron chi connectivity index (χ2n) is 4.95. The van der Waals surface area contributed by atoms with Crippen LogP contribution in [0.4, 0.5) is 0 Å². The van der Waals surface area contributed by atoms with Gasteiger partial charge in [-0.15, -0.1) is 0 Å². The van der Waals surface area contributed by atoms with E-state index in [1.165, 1.54) is 6.42 Å². The second kappa shape index (κ2) is 4.49. The number of phenols is 1. The fourth-order valence-electron chi connectivity index (χ4n) is 2.67. The van der Waals surface area contributed by atoms with E-state index in [-0.39, 0.29) is 11.4 Å². The predicted molar refractivity (Wildman–Crippen MR) is 69.8 cm³/mol. The molecule has 96 valence electrons. The van der Waals surface area contributed by atoms with Crippen molar-refractivity contribution in [2.24, 2.45) is 5.92 Å². The van der Waals surface area contributed by atoms with Gasteiger partial charge in [0.1, 0.15) is 5.75 Å². The molecule has 3 N–H and O–H groups in total. The summed E-state index contributed by atoms with van der Waals surface area (Å²) in [6.07, 6.45) is 2.33. The number of piperidine rings is 1. The fourth-order valence-corrected chi connectivity index (χ4v) is 2.67. The van der Waals surface area contributed by atoms with Crippen LogP contribution in [-0.2, 0) is 6.54 Å².